The van der Waals surface area contributed by atoms with E-state index in [1.54, 1.807) is 37.3 Å². The number of carboxylic acids is 2. The molecule has 0 saturated carbocycles. The molecule has 2 saturated heterocycles. The van der Waals surface area contributed by atoms with Gasteiger partial charge in [-0.05, 0) is 44.4 Å². The Balaban J connectivity index is 1.74. The number of aliphatic carboxylic acids is 2. The highest BCUT2D eigenvalue weighted by molar-refractivity contribution is 8.77. The number of hydrogen-bond acceptors (Lipinski definition) is 8. The van der Waals surface area contributed by atoms with Gasteiger partial charge in [0.15, 0.2) is 0 Å². The Morgan fingerprint density at radius 1 is 0.725 bits per heavy atom. The summed E-state index contributed by atoms with van der Waals surface area (Å²) >= 11 is 0. The zero-order valence-electron chi connectivity index (χ0n) is 24.4. The Labute approximate surface area is 256 Å². The Kier molecular flexibility index (Phi) is 16.6. The molecule has 0 aromatic heterocycles. The minimum Gasteiger partial charge on any atom is -0.480 e. The van der Waals surface area contributed by atoms with Gasteiger partial charge in [-0.15, -0.1) is 0 Å². The lowest BCUT2D eigenvalue weighted by atomic mass is 10.0. The quantitative estimate of drug-likeness (QED) is 0.126. The highest BCUT2D eigenvalue weighted by Gasteiger charge is 2.36. The second-order valence-electron chi connectivity index (χ2n) is 11.4. The van der Waals surface area contributed by atoms with Gasteiger partial charge < -0.3 is 20.0 Å². The molecular weight excluding hydrogens is 589 g/mol. The molecule has 0 aliphatic carbocycles. The summed E-state index contributed by atoms with van der Waals surface area (Å²) in [5.41, 5.74) is 0. The van der Waals surface area contributed by atoms with E-state index in [0.29, 0.717) is 48.6 Å². The van der Waals surface area contributed by atoms with Gasteiger partial charge in [0.1, 0.15) is 12.1 Å². The third-order valence-electron chi connectivity index (χ3n) is 7.49. The van der Waals surface area contributed by atoms with E-state index in [1.165, 1.54) is 24.2 Å². The molecule has 2 amide bonds. The first-order valence-corrected chi connectivity index (χ1v) is 19.5. The van der Waals surface area contributed by atoms with Gasteiger partial charge in [0.05, 0.1) is 0 Å². The molecule has 0 aromatic carbocycles. The second-order valence-corrected chi connectivity index (χ2v) is 16.8. The molecule has 40 heavy (non-hydrogen) atoms. The summed E-state index contributed by atoms with van der Waals surface area (Å²) in [4.78, 5) is 51.6. The third kappa shape index (κ3) is 11.9. The summed E-state index contributed by atoms with van der Waals surface area (Å²) in [5, 5.41) is 19.3. The number of carbonyl (C=O) groups is 4. The summed E-state index contributed by atoms with van der Waals surface area (Å²) in [6, 6.07) is -1.35. The van der Waals surface area contributed by atoms with E-state index < -0.39 is 24.0 Å². The number of carbonyl (C=O) groups excluding carboxylic acids is 2. The Hall–Kier alpha value is -0.720. The van der Waals surface area contributed by atoms with Crippen molar-refractivity contribution < 1.29 is 29.4 Å². The largest absolute Gasteiger partial charge is 0.480 e. The van der Waals surface area contributed by atoms with Crippen LogP contribution in [0.2, 0.25) is 0 Å². The molecule has 2 aliphatic heterocycles. The van der Waals surface area contributed by atoms with Gasteiger partial charge in [-0.25, -0.2) is 9.59 Å². The van der Waals surface area contributed by atoms with Gasteiger partial charge in [-0.3, -0.25) is 9.59 Å². The molecule has 12 heteroatoms. The van der Waals surface area contributed by atoms with Crippen molar-refractivity contribution in [1.29, 1.82) is 0 Å². The zero-order chi connectivity index (χ0) is 29.7. The lowest BCUT2D eigenvalue weighted by Crippen LogP contribution is -2.43. The summed E-state index contributed by atoms with van der Waals surface area (Å²) in [7, 11) is 7.05. The van der Waals surface area contributed by atoms with Crippen LogP contribution in [0.15, 0.2) is 0 Å². The molecule has 2 rings (SSSR count). The maximum atomic E-state index is 12.9. The van der Waals surface area contributed by atoms with Crippen molar-refractivity contribution in [2.45, 2.75) is 103 Å². The molecule has 5 atom stereocenters. The van der Waals surface area contributed by atoms with Crippen LogP contribution < -0.4 is 0 Å². The SMILES string of the molecule is CC(C)CCCCC(CCSSCC(C)C(=O)N1CCCC1C(=O)O)SSCC(C)C(=O)N1CCCC1C(=O)O. The van der Waals surface area contributed by atoms with E-state index in [-0.39, 0.29) is 23.7 Å². The van der Waals surface area contributed by atoms with Gasteiger partial charge >= 0.3 is 11.9 Å². The number of rotatable bonds is 19. The van der Waals surface area contributed by atoms with Crippen molar-refractivity contribution in [3.8, 4) is 0 Å². The van der Waals surface area contributed by atoms with E-state index in [1.807, 2.05) is 24.6 Å². The molecule has 2 heterocycles. The molecule has 0 radical (unpaired) electrons. The monoisotopic (exact) mass is 636 g/mol. The molecule has 2 fully saturated rings. The first-order chi connectivity index (χ1) is 19.0. The lowest BCUT2D eigenvalue weighted by Gasteiger charge is -2.25. The molecule has 5 unspecified atom stereocenters. The fraction of sp³-hybridized carbons (Fsp3) is 0.857. The third-order valence-corrected chi connectivity index (χ3v) is 13.3. The summed E-state index contributed by atoms with van der Waals surface area (Å²) in [5.74, 6) is 0.680. The van der Waals surface area contributed by atoms with Crippen LogP contribution in [0.4, 0.5) is 0 Å². The fourth-order valence-corrected chi connectivity index (χ4v) is 10.8. The van der Waals surface area contributed by atoms with E-state index in [0.717, 1.165) is 31.4 Å². The maximum absolute atomic E-state index is 12.9. The van der Waals surface area contributed by atoms with Crippen LogP contribution in [0.3, 0.4) is 0 Å². The molecule has 0 aromatic rings. The lowest BCUT2D eigenvalue weighted by molar-refractivity contribution is -0.149. The van der Waals surface area contributed by atoms with Crippen LogP contribution in [0.5, 0.6) is 0 Å². The Morgan fingerprint density at radius 3 is 1.73 bits per heavy atom. The minimum absolute atomic E-state index is 0.0503. The standard InChI is InChI=1S/C28H48N2O6S4/c1-19(2)9-5-6-10-22(40-39-18-21(4)26(32)30-15-8-12-24(30)28(35)36)13-16-37-38-17-20(3)25(31)29-14-7-11-23(29)27(33)34/h19-24H,5-18H2,1-4H3,(H,33,34)(H,35,36). The molecular formula is C28H48N2O6S4. The van der Waals surface area contributed by atoms with Crippen LogP contribution in [0.1, 0.15) is 85.5 Å². The second kappa shape index (κ2) is 18.7. The highest BCUT2D eigenvalue weighted by atomic mass is 33.1. The number of unbranched alkanes of at least 4 members (excludes halogenated alkanes) is 1. The van der Waals surface area contributed by atoms with Crippen LogP contribution in [0, 0.1) is 17.8 Å². The number of likely N-dealkylation sites (tertiary alicyclic amines) is 2. The average molecular weight is 637 g/mol. The van der Waals surface area contributed by atoms with Crippen LogP contribution in [0.25, 0.3) is 0 Å². The van der Waals surface area contributed by atoms with Crippen molar-refractivity contribution in [2.75, 3.05) is 30.3 Å². The van der Waals surface area contributed by atoms with E-state index in [4.69, 9.17) is 0 Å². The smallest absolute Gasteiger partial charge is 0.326 e. The molecule has 2 aliphatic rings. The topological polar surface area (TPSA) is 115 Å². The van der Waals surface area contributed by atoms with E-state index in [9.17, 15) is 29.4 Å². The van der Waals surface area contributed by atoms with Gasteiger partial charge in [-0.1, -0.05) is 90.1 Å². The highest BCUT2D eigenvalue weighted by Crippen LogP contribution is 2.36. The Morgan fingerprint density at radius 2 is 1.23 bits per heavy atom. The fourth-order valence-electron chi connectivity index (χ4n) is 5.07. The zero-order valence-corrected chi connectivity index (χ0v) is 27.7. The first-order valence-electron chi connectivity index (χ1n) is 14.6. The normalized spacial score (nSPS) is 21.5. The van der Waals surface area contributed by atoms with E-state index in [2.05, 4.69) is 13.8 Å². The van der Waals surface area contributed by atoms with Crippen molar-refractivity contribution in [1.82, 2.24) is 9.80 Å². The van der Waals surface area contributed by atoms with Crippen LogP contribution >= 0.6 is 43.2 Å². The summed E-state index contributed by atoms with van der Waals surface area (Å²) < 4.78 is 0. The summed E-state index contributed by atoms with van der Waals surface area (Å²) in [6.07, 6.45) is 8.38. The van der Waals surface area contributed by atoms with E-state index >= 15 is 0 Å². The predicted octanol–water partition coefficient (Wildman–Crippen LogP) is 6.15. The summed E-state index contributed by atoms with van der Waals surface area (Å²) in [6.45, 7) is 9.37. The molecule has 0 bridgehead atoms. The molecule has 0 spiro atoms. The number of amides is 2. The minimum atomic E-state index is -0.908. The van der Waals surface area contributed by atoms with Gasteiger partial charge in [0.2, 0.25) is 11.8 Å². The predicted molar refractivity (Wildman–Crippen MR) is 170 cm³/mol. The molecule has 2 N–H and O–H groups in total. The average Bonchev–Trinajstić information content (AvgIpc) is 3.59. The van der Waals surface area contributed by atoms with Gasteiger partial charge in [0.25, 0.3) is 0 Å². The van der Waals surface area contributed by atoms with Gasteiger partial charge in [0, 0.05) is 47.4 Å². The number of nitrogens with zero attached hydrogens (tertiary/aromatic N) is 2. The van der Waals surface area contributed by atoms with Crippen molar-refractivity contribution in [2.24, 2.45) is 17.8 Å². The van der Waals surface area contributed by atoms with Crippen molar-refractivity contribution >= 4 is 66.9 Å². The number of carboxylic acid groups (broad SMARTS) is 2. The molecule has 230 valence electrons. The first kappa shape index (κ1) is 35.5. The van der Waals surface area contributed by atoms with Gasteiger partial charge in [-0.2, -0.15) is 0 Å². The Bertz CT molecular complexity index is 833. The van der Waals surface area contributed by atoms with Crippen molar-refractivity contribution in [3.63, 3.8) is 0 Å². The maximum Gasteiger partial charge on any atom is 0.326 e. The number of hydrogen-bond donors (Lipinski definition) is 2. The van der Waals surface area contributed by atoms with Crippen LogP contribution in [-0.2, 0) is 19.2 Å². The van der Waals surface area contributed by atoms with Crippen LogP contribution in [-0.4, -0.2) is 91.4 Å². The molecule has 8 nitrogen and oxygen atoms in total. The van der Waals surface area contributed by atoms with Crippen molar-refractivity contribution in [3.05, 3.63) is 0 Å².